The maximum absolute atomic E-state index is 13.7. The van der Waals surface area contributed by atoms with E-state index in [1.54, 1.807) is 6.07 Å². The number of halogens is 1. The van der Waals surface area contributed by atoms with Crippen LogP contribution in [-0.4, -0.2) is 24.0 Å². The molecule has 0 amide bonds. The van der Waals surface area contributed by atoms with E-state index in [1.165, 1.54) is 12.5 Å². The van der Waals surface area contributed by atoms with Crippen LogP contribution in [0.1, 0.15) is 31.4 Å². The quantitative estimate of drug-likeness (QED) is 0.850. The van der Waals surface area contributed by atoms with Crippen molar-refractivity contribution >= 4 is 0 Å². The minimum absolute atomic E-state index is 0.113. The van der Waals surface area contributed by atoms with Gasteiger partial charge in [0.25, 0.3) is 0 Å². The molecule has 0 saturated carbocycles. The monoisotopic (exact) mass is 222 g/mol. The summed E-state index contributed by atoms with van der Waals surface area (Å²) in [5.41, 5.74) is 6.52. The molecular weight excluding hydrogens is 203 g/mol. The highest BCUT2D eigenvalue weighted by molar-refractivity contribution is 5.21. The SMILES string of the molecule is CC(c1ccccc1F)N1CCCC1CN. The first kappa shape index (κ1) is 11.6. The molecule has 0 aliphatic carbocycles. The standard InChI is InChI=1S/C13H19FN2/c1-10(12-6-2-3-7-13(12)14)16-8-4-5-11(16)9-15/h2-3,6-7,10-11H,4-5,8-9,15H2,1H3. The first-order chi connectivity index (χ1) is 7.74. The summed E-state index contributed by atoms with van der Waals surface area (Å²) in [7, 11) is 0. The molecule has 1 saturated heterocycles. The molecule has 2 atom stereocenters. The molecule has 2 rings (SSSR count). The van der Waals surface area contributed by atoms with Gasteiger partial charge >= 0.3 is 0 Å². The van der Waals surface area contributed by atoms with E-state index < -0.39 is 0 Å². The lowest BCUT2D eigenvalue weighted by molar-refractivity contribution is 0.193. The normalized spacial score (nSPS) is 23.6. The predicted octanol–water partition coefficient (Wildman–Crippen LogP) is 2.31. The fourth-order valence-electron chi connectivity index (χ4n) is 2.61. The Labute approximate surface area is 96.2 Å². The topological polar surface area (TPSA) is 29.3 Å². The van der Waals surface area contributed by atoms with Gasteiger partial charge in [-0.1, -0.05) is 18.2 Å². The minimum atomic E-state index is -0.113. The lowest BCUT2D eigenvalue weighted by atomic mass is 10.1. The summed E-state index contributed by atoms with van der Waals surface area (Å²) in [6.45, 7) is 3.75. The van der Waals surface area contributed by atoms with Crippen molar-refractivity contribution < 1.29 is 4.39 Å². The summed E-state index contributed by atoms with van der Waals surface area (Å²) in [6.07, 6.45) is 2.30. The van der Waals surface area contributed by atoms with Crippen LogP contribution in [-0.2, 0) is 0 Å². The summed E-state index contributed by atoms with van der Waals surface area (Å²) in [5.74, 6) is -0.113. The van der Waals surface area contributed by atoms with Crippen molar-refractivity contribution in [1.82, 2.24) is 4.90 Å². The van der Waals surface area contributed by atoms with Crippen LogP contribution in [0.25, 0.3) is 0 Å². The summed E-state index contributed by atoms with van der Waals surface area (Å²) in [5, 5.41) is 0. The van der Waals surface area contributed by atoms with Gasteiger partial charge in [-0.05, 0) is 32.4 Å². The molecule has 1 aromatic carbocycles. The van der Waals surface area contributed by atoms with E-state index in [4.69, 9.17) is 5.73 Å². The Morgan fingerprint density at radius 2 is 2.25 bits per heavy atom. The van der Waals surface area contributed by atoms with Gasteiger partial charge in [-0.25, -0.2) is 4.39 Å². The molecule has 1 aromatic rings. The Balaban J connectivity index is 2.18. The summed E-state index contributed by atoms with van der Waals surface area (Å²) in [6, 6.07) is 7.55. The van der Waals surface area contributed by atoms with Gasteiger partial charge in [0, 0.05) is 24.2 Å². The zero-order chi connectivity index (χ0) is 11.5. The zero-order valence-corrected chi connectivity index (χ0v) is 9.70. The molecule has 1 heterocycles. The number of nitrogens with two attached hydrogens (primary N) is 1. The molecule has 1 aliphatic rings. The Bertz CT molecular complexity index is 354. The molecule has 0 radical (unpaired) electrons. The van der Waals surface area contributed by atoms with E-state index in [9.17, 15) is 4.39 Å². The molecule has 0 spiro atoms. The van der Waals surface area contributed by atoms with Gasteiger partial charge in [0.05, 0.1) is 0 Å². The third-order valence-electron chi connectivity index (χ3n) is 3.55. The molecule has 2 nitrogen and oxygen atoms in total. The van der Waals surface area contributed by atoms with Crippen LogP contribution in [0.15, 0.2) is 24.3 Å². The average molecular weight is 222 g/mol. The molecule has 3 heteroatoms. The first-order valence-corrected chi connectivity index (χ1v) is 5.94. The Kier molecular flexibility index (Phi) is 3.56. The van der Waals surface area contributed by atoms with Crippen LogP contribution < -0.4 is 5.73 Å². The Hall–Kier alpha value is -0.930. The number of benzene rings is 1. The Morgan fingerprint density at radius 1 is 1.50 bits per heavy atom. The fraction of sp³-hybridized carbons (Fsp3) is 0.538. The van der Waals surface area contributed by atoms with Crippen LogP contribution in [0, 0.1) is 5.82 Å². The fourth-order valence-corrected chi connectivity index (χ4v) is 2.61. The maximum atomic E-state index is 13.7. The van der Waals surface area contributed by atoms with Crippen molar-refractivity contribution in [2.24, 2.45) is 5.73 Å². The van der Waals surface area contributed by atoms with Gasteiger partial charge in [-0.2, -0.15) is 0 Å². The van der Waals surface area contributed by atoms with Crippen molar-refractivity contribution in [3.05, 3.63) is 35.6 Å². The number of hydrogen-bond acceptors (Lipinski definition) is 2. The molecule has 1 aliphatic heterocycles. The lowest BCUT2D eigenvalue weighted by Crippen LogP contribution is -2.37. The van der Waals surface area contributed by atoms with Crippen LogP contribution in [0.3, 0.4) is 0 Å². The van der Waals surface area contributed by atoms with Gasteiger partial charge in [-0.15, -0.1) is 0 Å². The molecule has 1 fully saturated rings. The molecule has 2 unspecified atom stereocenters. The van der Waals surface area contributed by atoms with Crippen LogP contribution in [0.2, 0.25) is 0 Å². The Morgan fingerprint density at radius 3 is 2.94 bits per heavy atom. The average Bonchev–Trinajstić information content (AvgIpc) is 2.77. The highest BCUT2D eigenvalue weighted by Gasteiger charge is 2.29. The van der Waals surface area contributed by atoms with Crippen molar-refractivity contribution in [1.29, 1.82) is 0 Å². The number of likely N-dealkylation sites (tertiary alicyclic amines) is 1. The lowest BCUT2D eigenvalue weighted by Gasteiger charge is -2.30. The van der Waals surface area contributed by atoms with E-state index >= 15 is 0 Å². The molecule has 16 heavy (non-hydrogen) atoms. The van der Waals surface area contributed by atoms with Crippen molar-refractivity contribution in [3.63, 3.8) is 0 Å². The third-order valence-corrected chi connectivity index (χ3v) is 3.55. The smallest absolute Gasteiger partial charge is 0.127 e. The van der Waals surface area contributed by atoms with Gasteiger partial charge in [0.15, 0.2) is 0 Å². The van der Waals surface area contributed by atoms with Gasteiger partial charge in [0.2, 0.25) is 0 Å². The van der Waals surface area contributed by atoms with Gasteiger partial charge in [0.1, 0.15) is 5.82 Å². The van der Waals surface area contributed by atoms with Gasteiger partial charge < -0.3 is 5.73 Å². The summed E-state index contributed by atoms with van der Waals surface area (Å²) >= 11 is 0. The van der Waals surface area contributed by atoms with Gasteiger partial charge in [-0.3, -0.25) is 4.90 Å². The second-order valence-electron chi connectivity index (χ2n) is 4.47. The second kappa shape index (κ2) is 4.93. The van der Waals surface area contributed by atoms with E-state index in [2.05, 4.69) is 11.8 Å². The molecule has 0 bridgehead atoms. The number of rotatable bonds is 3. The van der Waals surface area contributed by atoms with Crippen molar-refractivity contribution in [2.45, 2.75) is 31.8 Å². The van der Waals surface area contributed by atoms with Crippen LogP contribution >= 0.6 is 0 Å². The molecular formula is C13H19FN2. The summed E-state index contributed by atoms with van der Waals surface area (Å²) in [4.78, 5) is 2.32. The highest BCUT2D eigenvalue weighted by Crippen LogP contribution is 2.29. The van der Waals surface area contributed by atoms with Crippen molar-refractivity contribution in [3.8, 4) is 0 Å². The van der Waals surface area contributed by atoms with E-state index in [-0.39, 0.29) is 11.9 Å². The van der Waals surface area contributed by atoms with E-state index in [0.717, 1.165) is 18.5 Å². The number of hydrogen-bond donors (Lipinski definition) is 1. The molecule has 88 valence electrons. The van der Waals surface area contributed by atoms with E-state index in [1.807, 2.05) is 12.1 Å². The van der Waals surface area contributed by atoms with Crippen LogP contribution in [0.5, 0.6) is 0 Å². The zero-order valence-electron chi connectivity index (χ0n) is 9.70. The molecule has 2 N–H and O–H groups in total. The predicted molar refractivity (Wildman–Crippen MR) is 63.6 cm³/mol. The second-order valence-corrected chi connectivity index (χ2v) is 4.47. The third kappa shape index (κ3) is 2.11. The highest BCUT2D eigenvalue weighted by atomic mass is 19.1. The number of nitrogens with zero attached hydrogens (tertiary/aromatic N) is 1. The summed E-state index contributed by atoms with van der Waals surface area (Å²) < 4.78 is 13.7. The largest absolute Gasteiger partial charge is 0.329 e. The molecule has 0 aromatic heterocycles. The minimum Gasteiger partial charge on any atom is -0.329 e. The van der Waals surface area contributed by atoms with E-state index in [0.29, 0.717) is 12.6 Å². The first-order valence-electron chi connectivity index (χ1n) is 5.94. The maximum Gasteiger partial charge on any atom is 0.127 e. The van der Waals surface area contributed by atoms with Crippen LogP contribution in [0.4, 0.5) is 4.39 Å². The van der Waals surface area contributed by atoms with Crippen molar-refractivity contribution in [2.75, 3.05) is 13.1 Å².